The number of nitrogen functional groups attached to an aromatic ring is 1. The number of carbonyl (C=O) groups excluding carboxylic acids is 3. The Kier molecular flexibility index (Phi) is 4.46. The van der Waals surface area contributed by atoms with Crippen LogP contribution in [-0.4, -0.2) is 34.3 Å². The number of aromatic nitrogens is 2. The molecule has 0 saturated carbocycles. The molecule has 0 aliphatic rings. The minimum absolute atomic E-state index is 0.0590. The Morgan fingerprint density at radius 3 is 2.53 bits per heavy atom. The molecule has 9 heteroatoms. The first-order valence-electron chi connectivity index (χ1n) is 5.44. The fourth-order valence-corrected chi connectivity index (χ4v) is 1.47. The number of nitrogens with two attached hydrogens (primary N) is 2. The van der Waals surface area contributed by atoms with Crippen LogP contribution in [0.1, 0.15) is 23.1 Å². The highest BCUT2D eigenvalue weighted by atomic mass is 16.5. The van der Waals surface area contributed by atoms with E-state index in [9.17, 15) is 14.4 Å². The van der Waals surface area contributed by atoms with E-state index in [-0.39, 0.29) is 11.4 Å². The molecule has 0 aliphatic carbocycles. The number of hydrogen-bond donors (Lipinski definition) is 3. The van der Waals surface area contributed by atoms with Gasteiger partial charge in [-0.2, -0.15) is 5.10 Å². The molecular formula is C10H15N5O4. The molecule has 0 unspecified atom stereocenters. The number of amides is 3. The zero-order valence-electron chi connectivity index (χ0n) is 10.6. The second kappa shape index (κ2) is 5.85. The summed E-state index contributed by atoms with van der Waals surface area (Å²) in [5.41, 5.74) is 11.3. The van der Waals surface area contributed by atoms with E-state index in [0.29, 0.717) is 12.1 Å². The van der Waals surface area contributed by atoms with Gasteiger partial charge in [0.05, 0.1) is 11.4 Å². The third-order valence-electron chi connectivity index (χ3n) is 2.29. The number of anilines is 1. The lowest BCUT2D eigenvalue weighted by molar-refractivity contribution is -0.123. The third-order valence-corrected chi connectivity index (χ3v) is 2.29. The van der Waals surface area contributed by atoms with Crippen molar-refractivity contribution in [2.75, 3.05) is 12.3 Å². The molecule has 9 nitrogen and oxygen atoms in total. The monoisotopic (exact) mass is 269 g/mol. The number of urea groups is 1. The maximum absolute atomic E-state index is 11.7. The SMILES string of the molecule is CCc1nn(C)c(C(=O)OCC(=O)NC(N)=O)c1N. The molecule has 1 aromatic rings. The lowest BCUT2D eigenvalue weighted by Gasteiger charge is -2.05. The van der Waals surface area contributed by atoms with Crippen LogP contribution in [0.2, 0.25) is 0 Å². The normalized spacial score (nSPS) is 10.0. The maximum Gasteiger partial charge on any atom is 0.359 e. The van der Waals surface area contributed by atoms with Crippen molar-refractivity contribution in [3.8, 4) is 0 Å². The first-order chi connectivity index (χ1) is 8.86. The molecule has 19 heavy (non-hydrogen) atoms. The number of imide groups is 1. The molecule has 0 aliphatic heterocycles. The number of rotatable bonds is 4. The van der Waals surface area contributed by atoms with Crippen molar-refractivity contribution in [1.82, 2.24) is 15.1 Å². The van der Waals surface area contributed by atoms with Crippen molar-refractivity contribution in [1.29, 1.82) is 0 Å². The number of aryl methyl sites for hydroxylation is 2. The highest BCUT2D eigenvalue weighted by Gasteiger charge is 2.21. The van der Waals surface area contributed by atoms with E-state index in [1.807, 2.05) is 6.92 Å². The van der Waals surface area contributed by atoms with Gasteiger partial charge in [0.2, 0.25) is 0 Å². The number of nitrogens with zero attached hydrogens (tertiary/aromatic N) is 2. The van der Waals surface area contributed by atoms with Gasteiger partial charge in [-0.15, -0.1) is 0 Å². The Balaban J connectivity index is 2.71. The lowest BCUT2D eigenvalue weighted by Crippen LogP contribution is -2.37. The van der Waals surface area contributed by atoms with Crippen molar-refractivity contribution in [2.45, 2.75) is 13.3 Å². The van der Waals surface area contributed by atoms with Gasteiger partial charge in [-0.1, -0.05) is 6.92 Å². The van der Waals surface area contributed by atoms with Crippen molar-refractivity contribution in [3.63, 3.8) is 0 Å². The van der Waals surface area contributed by atoms with Gasteiger partial charge in [0.25, 0.3) is 5.91 Å². The fourth-order valence-electron chi connectivity index (χ4n) is 1.47. The number of esters is 1. The van der Waals surface area contributed by atoms with Crippen molar-refractivity contribution < 1.29 is 19.1 Å². The summed E-state index contributed by atoms with van der Waals surface area (Å²) in [4.78, 5) is 33.2. The van der Waals surface area contributed by atoms with Crippen LogP contribution >= 0.6 is 0 Å². The van der Waals surface area contributed by atoms with Gasteiger partial charge in [0.1, 0.15) is 0 Å². The maximum atomic E-state index is 11.7. The van der Waals surface area contributed by atoms with E-state index in [4.69, 9.17) is 16.2 Å². The second-order valence-electron chi connectivity index (χ2n) is 3.67. The van der Waals surface area contributed by atoms with E-state index in [1.54, 1.807) is 5.32 Å². The van der Waals surface area contributed by atoms with E-state index in [1.165, 1.54) is 11.7 Å². The van der Waals surface area contributed by atoms with Gasteiger partial charge < -0.3 is 16.2 Å². The van der Waals surface area contributed by atoms with Crippen LogP contribution in [0.3, 0.4) is 0 Å². The minimum atomic E-state index is -1.02. The van der Waals surface area contributed by atoms with Gasteiger partial charge in [-0.25, -0.2) is 9.59 Å². The van der Waals surface area contributed by atoms with Crippen LogP contribution in [-0.2, 0) is 23.0 Å². The van der Waals surface area contributed by atoms with E-state index in [2.05, 4.69) is 5.10 Å². The van der Waals surface area contributed by atoms with E-state index < -0.39 is 24.5 Å². The molecule has 0 atom stereocenters. The fraction of sp³-hybridized carbons (Fsp3) is 0.400. The van der Waals surface area contributed by atoms with E-state index in [0.717, 1.165) is 0 Å². The molecular weight excluding hydrogens is 254 g/mol. The molecule has 3 amide bonds. The predicted octanol–water partition coefficient (Wildman–Crippen LogP) is -1.08. The van der Waals surface area contributed by atoms with Crippen molar-refractivity contribution >= 4 is 23.6 Å². The smallest absolute Gasteiger partial charge is 0.359 e. The molecule has 104 valence electrons. The Morgan fingerprint density at radius 1 is 1.42 bits per heavy atom. The number of primary amides is 1. The molecule has 0 saturated heterocycles. The van der Waals surface area contributed by atoms with Crippen LogP contribution < -0.4 is 16.8 Å². The van der Waals surface area contributed by atoms with Crippen LogP contribution in [0.5, 0.6) is 0 Å². The van der Waals surface area contributed by atoms with Crippen molar-refractivity contribution in [2.24, 2.45) is 12.8 Å². The zero-order chi connectivity index (χ0) is 14.6. The topological polar surface area (TPSA) is 142 Å². The molecule has 0 radical (unpaired) electrons. The van der Waals surface area contributed by atoms with Gasteiger partial charge in [0.15, 0.2) is 12.3 Å². The highest BCUT2D eigenvalue weighted by Crippen LogP contribution is 2.17. The first-order valence-corrected chi connectivity index (χ1v) is 5.44. The standard InChI is InChI=1S/C10H15N5O4/c1-3-5-7(11)8(15(2)14-5)9(17)19-4-6(16)13-10(12)18/h3-4,11H2,1-2H3,(H3,12,13,16,18). The summed E-state index contributed by atoms with van der Waals surface area (Å²) in [7, 11) is 1.54. The van der Waals surface area contributed by atoms with Gasteiger partial charge in [-0.3, -0.25) is 14.8 Å². The Hall–Kier alpha value is -2.58. The molecule has 0 bridgehead atoms. The van der Waals surface area contributed by atoms with Crippen LogP contribution in [0, 0.1) is 0 Å². The molecule has 0 fully saturated rings. The quantitative estimate of drug-likeness (QED) is 0.593. The molecule has 1 aromatic heterocycles. The van der Waals surface area contributed by atoms with Crippen LogP contribution in [0.15, 0.2) is 0 Å². The lowest BCUT2D eigenvalue weighted by atomic mass is 10.2. The first kappa shape index (κ1) is 14.5. The highest BCUT2D eigenvalue weighted by molar-refractivity contribution is 5.97. The third kappa shape index (κ3) is 3.44. The Morgan fingerprint density at radius 2 is 2.05 bits per heavy atom. The summed E-state index contributed by atoms with van der Waals surface area (Å²) < 4.78 is 5.99. The number of hydrogen-bond acceptors (Lipinski definition) is 6. The largest absolute Gasteiger partial charge is 0.451 e. The summed E-state index contributed by atoms with van der Waals surface area (Å²) in [6, 6.07) is -1.02. The van der Waals surface area contributed by atoms with E-state index >= 15 is 0 Å². The van der Waals surface area contributed by atoms with Crippen LogP contribution in [0.25, 0.3) is 0 Å². The van der Waals surface area contributed by atoms with Gasteiger partial charge in [-0.05, 0) is 6.42 Å². The zero-order valence-corrected chi connectivity index (χ0v) is 10.6. The number of nitrogens with one attached hydrogen (secondary N) is 1. The summed E-state index contributed by atoms with van der Waals surface area (Å²) in [5.74, 6) is -1.62. The molecule has 1 rings (SSSR count). The molecule has 5 N–H and O–H groups in total. The average Bonchev–Trinajstić information content (AvgIpc) is 2.60. The van der Waals surface area contributed by atoms with Gasteiger partial charge in [0, 0.05) is 7.05 Å². The summed E-state index contributed by atoms with van der Waals surface area (Å²) in [6.45, 7) is 1.21. The number of carbonyl (C=O) groups is 3. The summed E-state index contributed by atoms with van der Waals surface area (Å²) in [6.07, 6.45) is 0.565. The Bertz CT molecular complexity index is 522. The minimum Gasteiger partial charge on any atom is -0.451 e. The molecule has 0 aromatic carbocycles. The summed E-state index contributed by atoms with van der Waals surface area (Å²) >= 11 is 0. The Labute approximate surface area is 108 Å². The average molecular weight is 269 g/mol. The van der Waals surface area contributed by atoms with Crippen molar-refractivity contribution in [3.05, 3.63) is 11.4 Å². The number of ether oxygens (including phenoxy) is 1. The second-order valence-corrected chi connectivity index (χ2v) is 3.67. The van der Waals surface area contributed by atoms with Gasteiger partial charge >= 0.3 is 12.0 Å². The molecule has 0 spiro atoms. The molecule has 1 heterocycles. The van der Waals surface area contributed by atoms with Crippen LogP contribution in [0.4, 0.5) is 10.5 Å². The summed E-state index contributed by atoms with van der Waals surface area (Å²) in [5, 5.41) is 5.81. The predicted molar refractivity (Wildman–Crippen MR) is 65.0 cm³/mol.